The van der Waals surface area contributed by atoms with Crippen molar-refractivity contribution in [2.45, 2.75) is 18.3 Å². The maximum Gasteiger partial charge on any atom is 6.00 e. The van der Waals surface area contributed by atoms with Gasteiger partial charge in [-0.15, -0.1) is 0 Å². The minimum atomic E-state index is -1.63. The van der Waals surface area contributed by atoms with Gasteiger partial charge in [-0.25, -0.2) is 15.0 Å². The van der Waals surface area contributed by atoms with E-state index < -0.39 is 54.1 Å². The number of carbonyl (C=O) groups excluding carboxylic acids is 6. The SMILES string of the molecule is O=C([O-])C(O)c1ccc(O)cc1.O=C([O-])C(O)c1ccc(O)cc1.O=C([O-])C(O)c1ccc(O)cc1.O=C([O-])C=Cc1c[nH]cn1.O=C([O-])C=Cc1c[nH]cn1.O=C([O-])C=Cc1c[nH]cn1.[Mo+6]. The first-order valence-electron chi connectivity index (χ1n) is 17.9. The summed E-state index contributed by atoms with van der Waals surface area (Å²) in [4.78, 5) is 79.4. The zero-order chi connectivity index (χ0) is 49.6. The molecular weight excluding hydrogens is 972 g/mol. The Morgan fingerprint density at radius 1 is 0.418 bits per heavy atom. The molecule has 9 N–H and O–H groups in total. The number of aromatic hydroxyl groups is 3. The Labute approximate surface area is 391 Å². The smallest absolute Gasteiger partial charge is 0.547 e. The molecular formula is C42H36MoN6O18. The zero-order valence-electron chi connectivity index (χ0n) is 33.9. The van der Waals surface area contributed by atoms with E-state index in [1.54, 1.807) is 18.6 Å². The summed E-state index contributed by atoms with van der Waals surface area (Å²) in [6.45, 7) is 0. The largest absolute Gasteiger partial charge is 6.00 e. The van der Waals surface area contributed by atoms with Crippen molar-refractivity contribution in [3.05, 3.63) is 162 Å². The van der Waals surface area contributed by atoms with Gasteiger partial charge in [-0.1, -0.05) is 36.4 Å². The number of carboxylic acids is 6. The molecule has 0 aliphatic heterocycles. The quantitative estimate of drug-likeness (QED) is 0.0409. The van der Waals surface area contributed by atoms with Gasteiger partial charge < -0.3 is 105 Å². The normalized spacial score (nSPS) is 11.3. The molecule has 0 saturated heterocycles. The maximum absolute atomic E-state index is 10.2. The Morgan fingerprint density at radius 3 is 0.776 bits per heavy atom. The van der Waals surface area contributed by atoms with Crippen molar-refractivity contribution in [2.24, 2.45) is 0 Å². The van der Waals surface area contributed by atoms with Crippen LogP contribution in [0, 0.1) is 0 Å². The molecule has 0 aliphatic rings. The number of hydrogen-bond acceptors (Lipinski definition) is 21. The summed E-state index contributed by atoms with van der Waals surface area (Å²) in [5, 5.41) is 113. The van der Waals surface area contributed by atoms with Gasteiger partial charge in [0.05, 0.1) is 71.9 Å². The number of phenolic OH excluding ortho intramolecular Hbond substituents is 3. The van der Waals surface area contributed by atoms with E-state index >= 15 is 0 Å². The summed E-state index contributed by atoms with van der Waals surface area (Å²) < 4.78 is 0. The summed E-state index contributed by atoms with van der Waals surface area (Å²) >= 11 is 0. The van der Waals surface area contributed by atoms with E-state index in [1.165, 1.54) is 110 Å². The number of benzene rings is 3. The molecule has 0 spiro atoms. The number of nitrogens with one attached hydrogen (secondary N) is 3. The number of rotatable bonds is 12. The van der Waals surface area contributed by atoms with Crippen LogP contribution in [-0.4, -0.2) is 96.4 Å². The molecule has 3 atom stereocenters. The van der Waals surface area contributed by atoms with Crippen molar-refractivity contribution < 1.29 is 111 Å². The average Bonchev–Trinajstić information content (AvgIpc) is 4.11. The van der Waals surface area contributed by atoms with E-state index in [0.717, 1.165) is 18.2 Å². The Morgan fingerprint density at radius 2 is 0.627 bits per heavy atom. The Balaban J connectivity index is 0.000000779. The van der Waals surface area contributed by atoms with Gasteiger partial charge in [-0.3, -0.25) is 0 Å². The van der Waals surface area contributed by atoms with Crippen LogP contribution in [0.4, 0.5) is 0 Å². The van der Waals surface area contributed by atoms with Crippen molar-refractivity contribution >= 4 is 54.0 Å². The molecule has 24 nitrogen and oxygen atoms in total. The molecule has 67 heavy (non-hydrogen) atoms. The molecule has 6 aromatic rings. The fraction of sp³-hybridized carbons (Fsp3) is 0.0714. The van der Waals surface area contributed by atoms with E-state index in [9.17, 15) is 59.4 Å². The standard InChI is InChI=1S/3C8H8O4.3C6H6N2O2.Mo/c3*9-6-3-1-5(2-4-6)7(10)8(11)12;3*9-6(10)2-1-5-3-7-4-8-5;/h3*1-4,7,9-10H,(H,11,12);3*1-4H,(H,7,8)(H,9,10);/q;;;;;;+6/p-6. The van der Waals surface area contributed by atoms with Crippen LogP contribution < -0.4 is 30.6 Å². The summed E-state index contributed by atoms with van der Waals surface area (Å²) in [6, 6.07) is 15.7. The maximum atomic E-state index is 10.2. The van der Waals surface area contributed by atoms with Crippen LogP contribution >= 0.6 is 0 Å². The van der Waals surface area contributed by atoms with Gasteiger partial charge in [-0.2, -0.15) is 0 Å². The molecule has 0 aliphatic carbocycles. The molecule has 0 bridgehead atoms. The fourth-order valence-electron chi connectivity index (χ4n) is 3.93. The number of hydrogen-bond donors (Lipinski definition) is 9. The van der Waals surface area contributed by atoms with Crippen molar-refractivity contribution in [2.75, 3.05) is 0 Å². The molecule has 0 fully saturated rings. The number of carbonyl (C=O) groups is 6. The van der Waals surface area contributed by atoms with Gasteiger partial charge in [0, 0.05) is 18.6 Å². The Kier molecular flexibility index (Phi) is 27.9. The number of imidazole rings is 3. The van der Waals surface area contributed by atoms with Crippen LogP contribution in [-0.2, 0) is 49.8 Å². The second kappa shape index (κ2) is 32.0. The van der Waals surface area contributed by atoms with E-state index in [1.807, 2.05) is 0 Å². The number of H-pyrrole nitrogens is 3. The van der Waals surface area contributed by atoms with Crippen LogP contribution in [0.3, 0.4) is 0 Å². The first-order valence-corrected chi connectivity index (χ1v) is 17.9. The van der Waals surface area contributed by atoms with Crippen molar-refractivity contribution in [1.82, 2.24) is 29.9 Å². The molecule has 3 aromatic heterocycles. The van der Waals surface area contributed by atoms with Crippen LogP contribution in [0.25, 0.3) is 18.2 Å². The van der Waals surface area contributed by atoms with Crippen molar-refractivity contribution in [1.29, 1.82) is 0 Å². The third-order valence-electron chi connectivity index (χ3n) is 7.02. The Bertz CT molecular complexity index is 2180. The van der Waals surface area contributed by atoms with Gasteiger partial charge in [-0.05, 0) is 89.5 Å². The number of nitrogens with zero attached hydrogens (tertiary/aromatic N) is 3. The molecule has 3 heterocycles. The number of aromatic amines is 3. The first kappa shape index (κ1) is 58.3. The van der Waals surface area contributed by atoms with Crippen molar-refractivity contribution in [3.8, 4) is 17.2 Å². The van der Waals surface area contributed by atoms with Crippen LogP contribution in [0.2, 0.25) is 0 Å². The van der Waals surface area contributed by atoms with Gasteiger partial charge in [0.25, 0.3) is 0 Å². The van der Waals surface area contributed by atoms with Gasteiger partial charge in [0.2, 0.25) is 0 Å². The summed E-state index contributed by atoms with van der Waals surface area (Å²) in [5.41, 5.74) is 2.28. The molecule has 0 radical (unpaired) electrons. The average molecular weight is 1010 g/mol. The minimum absolute atomic E-state index is 0. The monoisotopic (exact) mass is 1010 g/mol. The molecule has 348 valence electrons. The molecule has 25 heteroatoms. The second-order valence-electron chi connectivity index (χ2n) is 11.9. The molecule has 0 saturated carbocycles. The van der Waals surface area contributed by atoms with Gasteiger partial charge in [0.15, 0.2) is 0 Å². The van der Waals surface area contributed by atoms with Crippen LogP contribution in [0.1, 0.15) is 52.1 Å². The Hall–Kier alpha value is -8.70. The summed E-state index contributed by atoms with van der Waals surface area (Å²) in [6.07, 6.45) is 11.1. The zero-order valence-corrected chi connectivity index (χ0v) is 35.9. The van der Waals surface area contributed by atoms with Crippen LogP contribution in [0.5, 0.6) is 17.2 Å². The number of aliphatic hydroxyl groups excluding tert-OH is 3. The second-order valence-corrected chi connectivity index (χ2v) is 11.9. The number of aliphatic carboxylic acids is 6. The first-order chi connectivity index (χ1) is 31.2. The number of aliphatic hydroxyl groups is 3. The number of aromatic nitrogens is 6. The molecule has 6 rings (SSSR count). The minimum Gasteiger partial charge on any atom is -0.547 e. The van der Waals surface area contributed by atoms with E-state index in [-0.39, 0.29) is 55.0 Å². The summed E-state index contributed by atoms with van der Waals surface area (Å²) in [5.74, 6) is -8.27. The molecule has 3 aromatic carbocycles. The summed E-state index contributed by atoms with van der Waals surface area (Å²) in [7, 11) is 0. The van der Waals surface area contributed by atoms with E-state index in [4.69, 9.17) is 30.6 Å². The van der Waals surface area contributed by atoms with E-state index in [2.05, 4.69) is 29.9 Å². The van der Waals surface area contributed by atoms with E-state index in [0.29, 0.717) is 17.1 Å². The third kappa shape index (κ3) is 26.5. The predicted octanol–water partition coefficient (Wildman–Crippen LogP) is -4.96. The van der Waals surface area contributed by atoms with Gasteiger partial charge >= 0.3 is 21.1 Å². The number of carboxylic acid groups (broad SMARTS) is 6. The van der Waals surface area contributed by atoms with Crippen LogP contribution in [0.15, 0.2) is 129 Å². The molecule has 3 unspecified atom stereocenters. The topological polar surface area (TPSA) is 448 Å². The fourth-order valence-corrected chi connectivity index (χ4v) is 3.93. The predicted molar refractivity (Wildman–Crippen MR) is 212 cm³/mol. The molecule has 0 amide bonds. The van der Waals surface area contributed by atoms with Crippen molar-refractivity contribution in [3.63, 3.8) is 0 Å². The number of phenols is 3. The third-order valence-corrected chi connectivity index (χ3v) is 7.02. The van der Waals surface area contributed by atoms with Gasteiger partial charge in [0.1, 0.15) is 35.6 Å².